The summed E-state index contributed by atoms with van der Waals surface area (Å²) in [6.07, 6.45) is 33.2. The first-order valence-electron chi connectivity index (χ1n) is 19.1. The maximum absolute atomic E-state index is 12.4. The zero-order chi connectivity index (χ0) is 37.1. The third-order valence-electron chi connectivity index (χ3n) is 8.04. The number of rotatable bonds is 34. The number of phosphoric ester groups is 1. The van der Waals surface area contributed by atoms with Crippen molar-refractivity contribution in [2.24, 2.45) is 0 Å². The third kappa shape index (κ3) is 35.7. The Labute approximate surface area is 302 Å². The summed E-state index contributed by atoms with van der Waals surface area (Å²) in [7, 11) is -4.82. The van der Waals surface area contributed by atoms with E-state index in [0.717, 1.165) is 25.7 Å². The van der Waals surface area contributed by atoms with Crippen molar-refractivity contribution in [1.82, 2.24) is 0 Å². The molecule has 0 aromatic heterocycles. The summed E-state index contributed by atoms with van der Waals surface area (Å²) in [5.41, 5.74) is 0. The van der Waals surface area contributed by atoms with Crippen molar-refractivity contribution in [3.05, 3.63) is 48.6 Å². The molecule has 0 bridgehead atoms. The number of hydrogen-bond donors (Lipinski definition) is 4. The molecular weight excluding hydrogens is 659 g/mol. The highest BCUT2D eigenvalue weighted by atomic mass is 31.2. The smallest absolute Gasteiger partial charge is 0.462 e. The van der Waals surface area contributed by atoms with Crippen molar-refractivity contribution in [2.45, 2.75) is 173 Å². The second-order valence-corrected chi connectivity index (χ2v) is 14.2. The highest BCUT2D eigenvalue weighted by Gasteiger charge is 2.23. The number of aliphatic hydroxyl groups excluding tert-OH is 2. The molecule has 0 aliphatic carbocycles. The van der Waals surface area contributed by atoms with Crippen LogP contribution in [0.1, 0.15) is 155 Å². The van der Waals surface area contributed by atoms with Crippen LogP contribution in [0.25, 0.3) is 0 Å². The highest BCUT2D eigenvalue weighted by Crippen LogP contribution is 2.36. The number of unbranched alkanes of at least 4 members (excludes halogenated alkanes) is 15. The van der Waals surface area contributed by atoms with Crippen molar-refractivity contribution >= 4 is 19.8 Å². The molecule has 0 saturated heterocycles. The van der Waals surface area contributed by atoms with Crippen LogP contribution in [0, 0.1) is 0 Å². The van der Waals surface area contributed by atoms with E-state index in [4.69, 9.17) is 19.3 Å². The standard InChI is InChI=1S/C39H69O10P/c1-3-5-7-9-11-12-13-14-15-16-17-19-25-31-38(42)47-33-37(34-48-50(44,45)46)49-39(43)32-26-30-36(41)29-24-21-20-23-28-35(40)27-22-18-10-8-6-4-2/h18,20-24,28-29,35-37,40-41H,3-17,19,25-27,30-34H2,1-2H3,(H2,44,45,46)/b21-20+,22-18-,28-23+,29-24-/t35-,36-,37+/m0/s1. The van der Waals surface area contributed by atoms with E-state index in [1.807, 2.05) is 6.08 Å². The summed E-state index contributed by atoms with van der Waals surface area (Å²) in [6, 6.07) is 0. The van der Waals surface area contributed by atoms with Gasteiger partial charge in [0.2, 0.25) is 0 Å². The molecule has 0 spiro atoms. The minimum absolute atomic E-state index is 0.0479. The molecule has 0 fully saturated rings. The average Bonchev–Trinajstić information content (AvgIpc) is 3.07. The van der Waals surface area contributed by atoms with Crippen molar-refractivity contribution < 1.29 is 48.2 Å². The number of aliphatic hydroxyl groups is 2. The van der Waals surface area contributed by atoms with E-state index in [9.17, 15) is 24.4 Å². The topological polar surface area (TPSA) is 160 Å². The molecule has 4 N–H and O–H groups in total. The Morgan fingerprint density at radius 1 is 0.620 bits per heavy atom. The van der Waals surface area contributed by atoms with Crippen LogP contribution in [0.3, 0.4) is 0 Å². The minimum Gasteiger partial charge on any atom is -0.462 e. The number of phosphoric acid groups is 1. The molecule has 0 amide bonds. The normalized spacial score (nSPS) is 14.3. The molecule has 10 nitrogen and oxygen atoms in total. The van der Waals surface area contributed by atoms with Crippen molar-refractivity contribution in [3.63, 3.8) is 0 Å². The van der Waals surface area contributed by atoms with Gasteiger partial charge in [-0.05, 0) is 38.5 Å². The van der Waals surface area contributed by atoms with E-state index in [2.05, 4.69) is 24.4 Å². The van der Waals surface area contributed by atoms with Gasteiger partial charge >= 0.3 is 19.8 Å². The Bertz CT molecular complexity index is 987. The Kier molecular flexibility index (Phi) is 32.6. The van der Waals surface area contributed by atoms with Crippen LogP contribution in [-0.2, 0) is 28.2 Å². The van der Waals surface area contributed by atoms with Gasteiger partial charge in [0.05, 0.1) is 18.8 Å². The van der Waals surface area contributed by atoms with Crippen LogP contribution < -0.4 is 0 Å². The zero-order valence-electron chi connectivity index (χ0n) is 31.0. The summed E-state index contributed by atoms with van der Waals surface area (Å²) in [6.45, 7) is 3.40. The predicted molar refractivity (Wildman–Crippen MR) is 200 cm³/mol. The Morgan fingerprint density at radius 3 is 1.72 bits per heavy atom. The summed E-state index contributed by atoms with van der Waals surface area (Å²) < 4.78 is 26.1. The molecule has 0 aliphatic heterocycles. The lowest BCUT2D eigenvalue weighted by Gasteiger charge is -2.18. The molecule has 0 heterocycles. The minimum atomic E-state index is -4.82. The molecule has 0 radical (unpaired) electrons. The molecule has 0 rings (SSSR count). The van der Waals surface area contributed by atoms with E-state index < -0.39 is 44.7 Å². The van der Waals surface area contributed by atoms with Gasteiger partial charge in [-0.2, -0.15) is 0 Å². The second-order valence-electron chi connectivity index (χ2n) is 13.0. The van der Waals surface area contributed by atoms with Crippen LogP contribution in [0.5, 0.6) is 0 Å². The summed E-state index contributed by atoms with van der Waals surface area (Å²) in [5.74, 6) is -1.13. The van der Waals surface area contributed by atoms with E-state index in [1.54, 1.807) is 36.5 Å². The average molecular weight is 729 g/mol. The maximum atomic E-state index is 12.4. The van der Waals surface area contributed by atoms with Crippen LogP contribution in [0.2, 0.25) is 0 Å². The molecule has 11 heteroatoms. The lowest BCUT2D eigenvalue weighted by atomic mass is 10.0. The van der Waals surface area contributed by atoms with Crippen LogP contribution in [0.15, 0.2) is 48.6 Å². The summed E-state index contributed by atoms with van der Waals surface area (Å²) in [4.78, 5) is 42.7. The SMILES string of the molecule is CCCCC/C=C\C[C@H](O)/C=C/C=C/C=C\[C@H](O)CCCC(=O)O[C@H](COC(=O)CCCCCCCCCCCCCCC)COP(=O)(O)O. The van der Waals surface area contributed by atoms with Crippen molar-refractivity contribution in [1.29, 1.82) is 0 Å². The monoisotopic (exact) mass is 728 g/mol. The lowest BCUT2D eigenvalue weighted by molar-refractivity contribution is -0.161. The Balaban J connectivity index is 4.26. The summed E-state index contributed by atoms with van der Waals surface area (Å²) >= 11 is 0. The number of hydrogen-bond acceptors (Lipinski definition) is 8. The molecule has 0 aromatic carbocycles. The number of esters is 2. The van der Waals surface area contributed by atoms with Gasteiger partial charge in [0, 0.05) is 12.8 Å². The van der Waals surface area contributed by atoms with Crippen molar-refractivity contribution in [3.8, 4) is 0 Å². The first kappa shape index (κ1) is 47.9. The molecule has 50 heavy (non-hydrogen) atoms. The number of ether oxygens (including phenoxy) is 2. The fraction of sp³-hybridized carbons (Fsp3) is 0.744. The maximum Gasteiger partial charge on any atom is 0.469 e. The zero-order valence-corrected chi connectivity index (χ0v) is 31.9. The number of carbonyl (C=O) groups is 2. The number of carbonyl (C=O) groups excluding carboxylic acids is 2. The molecule has 290 valence electrons. The quantitative estimate of drug-likeness (QED) is 0.0165. The lowest BCUT2D eigenvalue weighted by Crippen LogP contribution is -2.29. The number of allylic oxidation sites excluding steroid dienone is 5. The first-order chi connectivity index (χ1) is 24.1. The van der Waals surface area contributed by atoms with Gasteiger partial charge in [-0.25, -0.2) is 4.57 Å². The van der Waals surface area contributed by atoms with Gasteiger partial charge in [-0.3, -0.25) is 14.1 Å². The molecule has 0 aliphatic rings. The van der Waals surface area contributed by atoms with Gasteiger partial charge in [0.15, 0.2) is 6.10 Å². The van der Waals surface area contributed by atoms with Gasteiger partial charge in [0.25, 0.3) is 0 Å². The fourth-order valence-electron chi connectivity index (χ4n) is 5.10. The molecular formula is C39H69O10P. The molecule has 3 atom stereocenters. The van der Waals surface area contributed by atoms with Crippen LogP contribution in [-0.4, -0.2) is 63.5 Å². The van der Waals surface area contributed by atoms with Crippen molar-refractivity contribution in [2.75, 3.05) is 13.2 Å². The predicted octanol–water partition coefficient (Wildman–Crippen LogP) is 9.12. The molecule has 0 saturated carbocycles. The molecule has 0 aromatic rings. The summed E-state index contributed by atoms with van der Waals surface area (Å²) in [5, 5.41) is 20.2. The highest BCUT2D eigenvalue weighted by molar-refractivity contribution is 7.46. The van der Waals surface area contributed by atoms with Gasteiger partial charge < -0.3 is 29.5 Å². The third-order valence-corrected chi connectivity index (χ3v) is 8.53. The Morgan fingerprint density at radius 2 is 1.14 bits per heavy atom. The van der Waals surface area contributed by atoms with E-state index in [1.165, 1.54) is 77.0 Å². The fourth-order valence-corrected chi connectivity index (χ4v) is 5.46. The van der Waals surface area contributed by atoms with Crippen LogP contribution >= 0.6 is 7.82 Å². The van der Waals surface area contributed by atoms with E-state index in [0.29, 0.717) is 19.3 Å². The first-order valence-corrected chi connectivity index (χ1v) is 20.7. The van der Waals surface area contributed by atoms with E-state index >= 15 is 0 Å². The van der Waals surface area contributed by atoms with Crippen LogP contribution in [0.4, 0.5) is 0 Å². The van der Waals surface area contributed by atoms with Gasteiger partial charge in [-0.1, -0.05) is 152 Å². The largest absolute Gasteiger partial charge is 0.469 e. The van der Waals surface area contributed by atoms with E-state index in [-0.39, 0.29) is 25.9 Å². The van der Waals surface area contributed by atoms with Gasteiger partial charge in [-0.15, -0.1) is 0 Å². The Hall–Kier alpha value is -2.07. The second kappa shape index (κ2) is 34.0. The van der Waals surface area contributed by atoms with Gasteiger partial charge in [0.1, 0.15) is 6.61 Å². The molecule has 0 unspecified atom stereocenters.